The van der Waals surface area contributed by atoms with E-state index in [-0.39, 0.29) is 12.4 Å². The normalized spacial score (nSPS) is 21.8. The quantitative estimate of drug-likeness (QED) is 0.864. The molecule has 1 saturated heterocycles. The highest BCUT2D eigenvalue weighted by Crippen LogP contribution is 2.17. The molecular weight excluding hydrogens is 224 g/mol. The number of hydrogen-bond donors (Lipinski definition) is 1. The Balaban J connectivity index is 0.00000128. The van der Waals surface area contributed by atoms with Gasteiger partial charge in [0.1, 0.15) is 0 Å². The first-order chi connectivity index (χ1) is 7.29. The molecule has 0 aliphatic carbocycles. The average molecular weight is 245 g/mol. The van der Waals surface area contributed by atoms with Gasteiger partial charge in [-0.25, -0.2) is 0 Å². The van der Waals surface area contributed by atoms with Crippen LogP contribution in [0.15, 0.2) is 12.3 Å². The highest BCUT2D eigenvalue weighted by molar-refractivity contribution is 5.85. The molecule has 0 radical (unpaired) electrons. The van der Waals surface area contributed by atoms with Gasteiger partial charge in [0, 0.05) is 26.3 Å². The van der Waals surface area contributed by atoms with E-state index in [9.17, 15) is 0 Å². The molecule has 1 aliphatic heterocycles. The lowest BCUT2D eigenvalue weighted by atomic mass is 9.98. The fourth-order valence-corrected chi connectivity index (χ4v) is 2.27. The molecular formula is C11H21ClN4. The van der Waals surface area contributed by atoms with E-state index in [1.54, 1.807) is 0 Å². The van der Waals surface area contributed by atoms with Crippen LogP contribution in [0.3, 0.4) is 0 Å². The van der Waals surface area contributed by atoms with Gasteiger partial charge >= 0.3 is 0 Å². The van der Waals surface area contributed by atoms with Crippen molar-refractivity contribution in [3.63, 3.8) is 0 Å². The zero-order valence-electron chi connectivity index (χ0n) is 9.80. The molecule has 5 heteroatoms. The van der Waals surface area contributed by atoms with Crippen molar-refractivity contribution < 1.29 is 0 Å². The van der Waals surface area contributed by atoms with Gasteiger partial charge in [-0.05, 0) is 37.9 Å². The molecule has 1 fully saturated rings. The van der Waals surface area contributed by atoms with E-state index in [0.29, 0.717) is 5.92 Å². The van der Waals surface area contributed by atoms with Gasteiger partial charge in [0.25, 0.3) is 0 Å². The van der Waals surface area contributed by atoms with Crippen LogP contribution in [0, 0.1) is 5.92 Å². The number of likely N-dealkylation sites (tertiary alicyclic amines) is 1. The van der Waals surface area contributed by atoms with E-state index >= 15 is 0 Å². The third kappa shape index (κ3) is 3.20. The topological polar surface area (TPSA) is 47.1 Å². The highest BCUT2D eigenvalue weighted by Gasteiger charge is 2.19. The van der Waals surface area contributed by atoms with E-state index in [1.165, 1.54) is 25.1 Å². The molecule has 0 bridgehead atoms. The molecule has 16 heavy (non-hydrogen) atoms. The third-order valence-corrected chi connectivity index (χ3v) is 3.24. The first-order valence-corrected chi connectivity index (χ1v) is 5.69. The highest BCUT2D eigenvalue weighted by atomic mass is 35.5. The van der Waals surface area contributed by atoms with Crippen LogP contribution in [0.25, 0.3) is 0 Å². The molecule has 2 heterocycles. The van der Waals surface area contributed by atoms with E-state index in [1.807, 2.05) is 17.9 Å². The van der Waals surface area contributed by atoms with Crippen LogP contribution in [0.4, 0.5) is 0 Å². The van der Waals surface area contributed by atoms with E-state index in [2.05, 4.69) is 16.1 Å². The summed E-state index contributed by atoms with van der Waals surface area (Å²) in [5, 5.41) is 4.19. The number of nitrogens with zero attached hydrogens (tertiary/aromatic N) is 3. The summed E-state index contributed by atoms with van der Waals surface area (Å²) >= 11 is 0. The number of nitrogens with two attached hydrogens (primary N) is 1. The van der Waals surface area contributed by atoms with Crippen molar-refractivity contribution in [1.29, 1.82) is 0 Å². The van der Waals surface area contributed by atoms with Gasteiger partial charge in [0.15, 0.2) is 0 Å². The third-order valence-electron chi connectivity index (χ3n) is 3.24. The van der Waals surface area contributed by atoms with Crippen LogP contribution in [-0.4, -0.2) is 34.3 Å². The first kappa shape index (κ1) is 13.5. The lowest BCUT2D eigenvalue weighted by Gasteiger charge is -2.31. The van der Waals surface area contributed by atoms with Crippen LogP contribution in [-0.2, 0) is 13.6 Å². The molecule has 0 amide bonds. The summed E-state index contributed by atoms with van der Waals surface area (Å²) in [5.74, 6) is 0.687. The molecule has 1 aromatic heterocycles. The van der Waals surface area contributed by atoms with Crippen LogP contribution in [0.1, 0.15) is 18.5 Å². The molecule has 0 spiro atoms. The Morgan fingerprint density at radius 2 is 2.38 bits per heavy atom. The predicted molar refractivity (Wildman–Crippen MR) is 67.5 cm³/mol. The van der Waals surface area contributed by atoms with Gasteiger partial charge in [0.05, 0.1) is 5.69 Å². The lowest BCUT2D eigenvalue weighted by molar-refractivity contribution is 0.167. The monoisotopic (exact) mass is 244 g/mol. The zero-order valence-corrected chi connectivity index (χ0v) is 10.6. The maximum absolute atomic E-state index is 5.72. The second-order valence-electron chi connectivity index (χ2n) is 4.43. The molecule has 4 nitrogen and oxygen atoms in total. The molecule has 1 aliphatic rings. The summed E-state index contributed by atoms with van der Waals surface area (Å²) in [6, 6.07) is 2.09. The first-order valence-electron chi connectivity index (χ1n) is 5.69. The Labute approximate surface area is 103 Å². The molecule has 92 valence electrons. The standard InChI is InChI=1S/C11H20N4.ClH/c1-14-11(4-5-13-14)9-15-6-2-3-10(7-12)8-15;/h4-5,10H,2-3,6-9,12H2,1H3;1H. The lowest BCUT2D eigenvalue weighted by Crippen LogP contribution is -2.38. The average Bonchev–Trinajstić information content (AvgIpc) is 2.65. The molecule has 0 saturated carbocycles. The summed E-state index contributed by atoms with van der Waals surface area (Å²) in [4.78, 5) is 2.48. The number of rotatable bonds is 3. The van der Waals surface area contributed by atoms with Gasteiger partial charge in [-0.1, -0.05) is 0 Å². The summed E-state index contributed by atoms with van der Waals surface area (Å²) in [5.41, 5.74) is 7.01. The number of piperidine rings is 1. The Morgan fingerprint density at radius 1 is 1.56 bits per heavy atom. The summed E-state index contributed by atoms with van der Waals surface area (Å²) in [7, 11) is 2.00. The van der Waals surface area contributed by atoms with Gasteiger partial charge in [0.2, 0.25) is 0 Å². The van der Waals surface area contributed by atoms with Gasteiger partial charge in [-0.2, -0.15) is 5.10 Å². The maximum atomic E-state index is 5.72. The largest absolute Gasteiger partial charge is 0.330 e. The van der Waals surface area contributed by atoms with Crippen molar-refractivity contribution >= 4 is 12.4 Å². The smallest absolute Gasteiger partial charge is 0.0521 e. The van der Waals surface area contributed by atoms with Crippen molar-refractivity contribution in [2.75, 3.05) is 19.6 Å². The second-order valence-corrected chi connectivity index (χ2v) is 4.43. The molecule has 0 aromatic carbocycles. The Bertz CT molecular complexity index is 313. The SMILES string of the molecule is Cl.Cn1nccc1CN1CCCC(CN)C1. The van der Waals surface area contributed by atoms with Crippen molar-refractivity contribution in [3.8, 4) is 0 Å². The molecule has 1 atom stereocenters. The summed E-state index contributed by atoms with van der Waals surface area (Å²) in [6.07, 6.45) is 4.43. The van der Waals surface area contributed by atoms with Crippen LogP contribution in [0.5, 0.6) is 0 Å². The minimum atomic E-state index is 0. The number of halogens is 1. The number of aryl methyl sites for hydroxylation is 1. The van der Waals surface area contributed by atoms with E-state index in [4.69, 9.17) is 5.73 Å². The number of hydrogen-bond acceptors (Lipinski definition) is 3. The Hall–Kier alpha value is -0.580. The van der Waals surface area contributed by atoms with Gasteiger partial charge in [-0.3, -0.25) is 9.58 Å². The summed E-state index contributed by atoms with van der Waals surface area (Å²) < 4.78 is 1.95. The Morgan fingerprint density at radius 3 is 3.00 bits per heavy atom. The molecule has 2 N–H and O–H groups in total. The predicted octanol–water partition coefficient (Wildman–Crippen LogP) is 1.01. The fraction of sp³-hybridized carbons (Fsp3) is 0.727. The van der Waals surface area contributed by atoms with Crippen molar-refractivity contribution in [3.05, 3.63) is 18.0 Å². The minimum absolute atomic E-state index is 0. The fourth-order valence-electron chi connectivity index (χ4n) is 2.27. The van der Waals surface area contributed by atoms with Crippen LogP contribution < -0.4 is 5.73 Å². The Kier molecular flexibility index (Phi) is 5.25. The van der Waals surface area contributed by atoms with Gasteiger partial charge in [-0.15, -0.1) is 12.4 Å². The maximum Gasteiger partial charge on any atom is 0.0521 e. The van der Waals surface area contributed by atoms with Crippen LogP contribution >= 0.6 is 12.4 Å². The molecule has 1 unspecified atom stereocenters. The van der Waals surface area contributed by atoms with Gasteiger partial charge < -0.3 is 5.73 Å². The van der Waals surface area contributed by atoms with E-state index < -0.39 is 0 Å². The van der Waals surface area contributed by atoms with Crippen molar-refractivity contribution in [2.24, 2.45) is 18.7 Å². The minimum Gasteiger partial charge on any atom is -0.330 e. The van der Waals surface area contributed by atoms with E-state index in [0.717, 1.165) is 19.6 Å². The van der Waals surface area contributed by atoms with Crippen molar-refractivity contribution in [1.82, 2.24) is 14.7 Å². The second kappa shape index (κ2) is 6.23. The number of aromatic nitrogens is 2. The molecule has 1 aromatic rings. The summed E-state index contributed by atoms with van der Waals surface area (Å²) in [6.45, 7) is 4.16. The van der Waals surface area contributed by atoms with Crippen molar-refractivity contribution in [2.45, 2.75) is 19.4 Å². The molecule has 2 rings (SSSR count). The van der Waals surface area contributed by atoms with Crippen LogP contribution in [0.2, 0.25) is 0 Å². The zero-order chi connectivity index (χ0) is 10.7.